The predicted octanol–water partition coefficient (Wildman–Crippen LogP) is 3.47. The first-order valence-corrected chi connectivity index (χ1v) is 8.08. The van der Waals surface area contributed by atoms with Crippen LogP contribution in [0.1, 0.15) is 41.8 Å². The molecule has 1 aliphatic carbocycles. The van der Waals surface area contributed by atoms with Gasteiger partial charge in [0, 0.05) is 16.6 Å². The van der Waals surface area contributed by atoms with E-state index in [2.05, 4.69) is 5.32 Å². The summed E-state index contributed by atoms with van der Waals surface area (Å²) >= 11 is 1.27. The first-order valence-electron chi connectivity index (χ1n) is 7.26. The summed E-state index contributed by atoms with van der Waals surface area (Å²) in [6, 6.07) is 6.41. The van der Waals surface area contributed by atoms with Crippen LogP contribution >= 0.6 is 11.3 Å². The second-order valence-corrected chi connectivity index (χ2v) is 6.81. The van der Waals surface area contributed by atoms with Crippen molar-refractivity contribution in [3.8, 4) is 0 Å². The highest BCUT2D eigenvalue weighted by molar-refractivity contribution is 7.20. The number of thiophene rings is 1. The van der Waals surface area contributed by atoms with E-state index in [0.29, 0.717) is 10.3 Å². The van der Waals surface area contributed by atoms with E-state index in [1.807, 2.05) is 0 Å². The molecule has 1 amide bonds. The molecular weight excluding hydrogens is 289 g/mol. The Hall–Kier alpha value is -1.46. The Bertz CT molecular complexity index is 661. The van der Waals surface area contributed by atoms with Crippen molar-refractivity contribution >= 4 is 27.3 Å². The summed E-state index contributed by atoms with van der Waals surface area (Å²) in [5.41, 5.74) is -0.782. The molecule has 1 heterocycles. The van der Waals surface area contributed by atoms with Crippen LogP contribution < -0.4 is 5.32 Å². The molecular formula is C16H18FNO2S. The van der Waals surface area contributed by atoms with Crippen molar-refractivity contribution < 1.29 is 14.3 Å². The summed E-state index contributed by atoms with van der Waals surface area (Å²) in [6.45, 7) is 0.266. The van der Waals surface area contributed by atoms with Gasteiger partial charge in [-0.3, -0.25) is 4.79 Å². The van der Waals surface area contributed by atoms with Crippen LogP contribution in [0.3, 0.4) is 0 Å². The van der Waals surface area contributed by atoms with Crippen molar-refractivity contribution in [2.24, 2.45) is 0 Å². The zero-order chi connectivity index (χ0) is 14.9. The number of amides is 1. The maximum Gasteiger partial charge on any atom is 0.261 e. The third kappa shape index (κ3) is 3.09. The topological polar surface area (TPSA) is 49.3 Å². The van der Waals surface area contributed by atoms with Crippen LogP contribution in [0.4, 0.5) is 4.39 Å². The number of benzene rings is 1. The molecule has 3 nitrogen and oxygen atoms in total. The summed E-state index contributed by atoms with van der Waals surface area (Å²) in [7, 11) is 0. The molecule has 3 rings (SSSR count). The van der Waals surface area contributed by atoms with Crippen molar-refractivity contribution in [1.82, 2.24) is 5.32 Å². The standard InChI is InChI=1S/C16H18FNO2S/c17-12-5-4-6-13-11(12)9-14(21-13)15(19)18-10-16(20)7-2-1-3-8-16/h4-6,9,20H,1-3,7-8,10H2,(H,18,19). The molecule has 0 saturated heterocycles. The molecule has 2 aromatic rings. The van der Waals surface area contributed by atoms with Crippen molar-refractivity contribution in [3.05, 3.63) is 35.0 Å². The minimum absolute atomic E-state index is 0.241. The number of aliphatic hydroxyl groups is 1. The van der Waals surface area contributed by atoms with Gasteiger partial charge in [0.2, 0.25) is 0 Å². The van der Waals surface area contributed by atoms with Gasteiger partial charge in [0.1, 0.15) is 5.82 Å². The van der Waals surface area contributed by atoms with E-state index in [9.17, 15) is 14.3 Å². The average Bonchev–Trinajstić information content (AvgIpc) is 2.91. The summed E-state index contributed by atoms with van der Waals surface area (Å²) in [4.78, 5) is 12.7. The van der Waals surface area contributed by atoms with Crippen molar-refractivity contribution in [2.45, 2.75) is 37.7 Å². The number of halogens is 1. The quantitative estimate of drug-likeness (QED) is 0.912. The summed E-state index contributed by atoms with van der Waals surface area (Å²) < 4.78 is 14.4. The molecule has 0 spiro atoms. The van der Waals surface area contributed by atoms with E-state index >= 15 is 0 Å². The average molecular weight is 307 g/mol. The maximum absolute atomic E-state index is 13.6. The molecule has 1 aromatic heterocycles. The molecule has 1 aliphatic rings. The van der Waals surface area contributed by atoms with E-state index < -0.39 is 5.60 Å². The van der Waals surface area contributed by atoms with Crippen LogP contribution in [0, 0.1) is 5.82 Å². The van der Waals surface area contributed by atoms with Crippen molar-refractivity contribution in [1.29, 1.82) is 0 Å². The Morgan fingerprint density at radius 2 is 2.10 bits per heavy atom. The fraction of sp³-hybridized carbons (Fsp3) is 0.438. The SMILES string of the molecule is O=C(NCC1(O)CCCCC1)c1cc2c(F)cccc2s1. The molecule has 1 saturated carbocycles. The van der Waals surface area contributed by atoms with Gasteiger partial charge in [-0.1, -0.05) is 25.3 Å². The van der Waals surface area contributed by atoms with Gasteiger partial charge in [0.25, 0.3) is 5.91 Å². The van der Waals surface area contributed by atoms with Crippen LogP contribution in [-0.2, 0) is 0 Å². The molecule has 1 fully saturated rings. The van der Waals surface area contributed by atoms with Crippen molar-refractivity contribution in [2.75, 3.05) is 6.54 Å². The van der Waals surface area contributed by atoms with Gasteiger partial charge in [-0.15, -0.1) is 11.3 Å². The molecule has 21 heavy (non-hydrogen) atoms. The fourth-order valence-electron chi connectivity index (χ4n) is 2.86. The van der Waals surface area contributed by atoms with Gasteiger partial charge in [0.05, 0.1) is 10.5 Å². The lowest BCUT2D eigenvalue weighted by atomic mass is 9.85. The number of fused-ring (bicyclic) bond motifs is 1. The minimum atomic E-state index is -0.782. The monoisotopic (exact) mass is 307 g/mol. The Balaban J connectivity index is 1.70. The van der Waals surface area contributed by atoms with Crippen LogP contribution in [0.5, 0.6) is 0 Å². The van der Waals surface area contributed by atoms with Gasteiger partial charge in [-0.05, 0) is 31.0 Å². The molecule has 112 valence electrons. The van der Waals surface area contributed by atoms with E-state index in [1.54, 1.807) is 18.2 Å². The highest BCUT2D eigenvalue weighted by Gasteiger charge is 2.29. The molecule has 0 unspecified atom stereocenters. The molecule has 0 aliphatic heterocycles. The number of carbonyl (C=O) groups excluding carboxylic acids is 1. The highest BCUT2D eigenvalue weighted by atomic mass is 32.1. The molecule has 0 bridgehead atoms. The van der Waals surface area contributed by atoms with E-state index in [4.69, 9.17) is 0 Å². The Kier molecular flexibility index (Phi) is 3.95. The van der Waals surface area contributed by atoms with E-state index in [1.165, 1.54) is 17.4 Å². The molecule has 1 aromatic carbocycles. The lowest BCUT2D eigenvalue weighted by Crippen LogP contribution is -2.44. The van der Waals surface area contributed by atoms with Gasteiger partial charge in [-0.25, -0.2) is 4.39 Å². The smallest absolute Gasteiger partial charge is 0.261 e. The number of hydrogen-bond acceptors (Lipinski definition) is 3. The lowest BCUT2D eigenvalue weighted by molar-refractivity contribution is 0.00529. The number of rotatable bonds is 3. The van der Waals surface area contributed by atoms with Crippen molar-refractivity contribution in [3.63, 3.8) is 0 Å². The zero-order valence-corrected chi connectivity index (χ0v) is 12.5. The normalized spacial score (nSPS) is 17.8. The second kappa shape index (κ2) is 5.73. The maximum atomic E-state index is 13.6. The van der Waals surface area contributed by atoms with Crippen LogP contribution in [-0.4, -0.2) is 23.2 Å². The summed E-state index contributed by atoms with van der Waals surface area (Å²) in [5.74, 6) is -0.552. The Morgan fingerprint density at radius 1 is 1.33 bits per heavy atom. The molecule has 5 heteroatoms. The molecule has 2 N–H and O–H groups in total. The highest BCUT2D eigenvalue weighted by Crippen LogP contribution is 2.29. The third-order valence-electron chi connectivity index (χ3n) is 4.09. The number of nitrogens with one attached hydrogen (secondary N) is 1. The van der Waals surface area contributed by atoms with Gasteiger partial charge in [-0.2, -0.15) is 0 Å². The first-order chi connectivity index (χ1) is 10.1. The van der Waals surface area contributed by atoms with Crippen LogP contribution in [0.2, 0.25) is 0 Å². The molecule has 0 atom stereocenters. The van der Waals surface area contributed by atoms with Crippen LogP contribution in [0.15, 0.2) is 24.3 Å². The van der Waals surface area contributed by atoms with Crippen LogP contribution in [0.25, 0.3) is 10.1 Å². The Morgan fingerprint density at radius 3 is 2.81 bits per heavy atom. The third-order valence-corrected chi connectivity index (χ3v) is 5.19. The first kappa shape index (κ1) is 14.5. The van der Waals surface area contributed by atoms with Gasteiger partial charge in [0.15, 0.2) is 0 Å². The number of carbonyl (C=O) groups is 1. The van der Waals surface area contributed by atoms with Gasteiger partial charge < -0.3 is 10.4 Å². The molecule has 0 radical (unpaired) electrons. The summed E-state index contributed by atoms with van der Waals surface area (Å²) in [6.07, 6.45) is 4.61. The van der Waals surface area contributed by atoms with E-state index in [0.717, 1.165) is 36.8 Å². The summed E-state index contributed by atoms with van der Waals surface area (Å²) in [5, 5.41) is 13.6. The van der Waals surface area contributed by atoms with E-state index in [-0.39, 0.29) is 18.3 Å². The zero-order valence-electron chi connectivity index (χ0n) is 11.7. The second-order valence-electron chi connectivity index (χ2n) is 5.73. The number of hydrogen-bond donors (Lipinski definition) is 2. The Labute approximate surface area is 126 Å². The lowest BCUT2D eigenvalue weighted by Gasteiger charge is -2.32. The largest absolute Gasteiger partial charge is 0.388 e. The predicted molar refractivity (Wildman–Crippen MR) is 82.2 cm³/mol. The minimum Gasteiger partial charge on any atom is -0.388 e. The fourth-order valence-corrected chi connectivity index (χ4v) is 3.85. The van der Waals surface area contributed by atoms with Gasteiger partial charge >= 0.3 is 0 Å².